The zero-order valence-electron chi connectivity index (χ0n) is 12.8. The number of aromatic hydroxyl groups is 1. The summed E-state index contributed by atoms with van der Waals surface area (Å²) < 4.78 is 24.4. The number of hydrogen-bond acceptors (Lipinski definition) is 5. The standard InChI is InChI=1S/C15H20N2O3S2/c1-4-5-13(21)14-10(2)16-17(15(14)18)11-6-8-12(9-7-11)22(3,19)20/h6-9,13,18,21H,4-5H2,1-3H3. The molecule has 0 fully saturated rings. The first-order chi connectivity index (χ1) is 10.3. The van der Waals surface area contributed by atoms with E-state index in [9.17, 15) is 13.5 Å². The average molecular weight is 340 g/mol. The van der Waals surface area contributed by atoms with Crippen LogP contribution in [0.2, 0.25) is 0 Å². The van der Waals surface area contributed by atoms with Crippen LogP contribution in [-0.4, -0.2) is 29.6 Å². The summed E-state index contributed by atoms with van der Waals surface area (Å²) in [6.45, 7) is 3.89. The van der Waals surface area contributed by atoms with E-state index < -0.39 is 9.84 Å². The second-order valence-corrected chi connectivity index (χ2v) is 7.94. The average Bonchev–Trinajstić information content (AvgIpc) is 2.73. The second kappa shape index (κ2) is 6.34. The van der Waals surface area contributed by atoms with Crippen LogP contribution in [0.15, 0.2) is 29.2 Å². The smallest absolute Gasteiger partial charge is 0.218 e. The molecule has 7 heteroatoms. The molecule has 2 rings (SSSR count). The largest absolute Gasteiger partial charge is 0.493 e. The fraction of sp³-hybridized carbons (Fsp3) is 0.400. The fourth-order valence-corrected chi connectivity index (χ4v) is 3.54. The third-order valence-corrected chi connectivity index (χ3v) is 5.13. The molecule has 1 aromatic carbocycles. The predicted molar refractivity (Wildman–Crippen MR) is 89.7 cm³/mol. The number of thiol groups is 1. The maximum Gasteiger partial charge on any atom is 0.218 e. The van der Waals surface area contributed by atoms with Gasteiger partial charge in [-0.15, -0.1) is 0 Å². The Bertz CT molecular complexity index is 765. The van der Waals surface area contributed by atoms with Crippen LogP contribution in [0, 0.1) is 6.92 Å². The molecule has 1 N–H and O–H groups in total. The van der Waals surface area contributed by atoms with Crippen molar-refractivity contribution in [1.82, 2.24) is 9.78 Å². The molecule has 0 saturated carbocycles. The number of benzene rings is 1. The van der Waals surface area contributed by atoms with Gasteiger partial charge in [-0.3, -0.25) is 0 Å². The molecule has 22 heavy (non-hydrogen) atoms. The van der Waals surface area contributed by atoms with E-state index in [0.29, 0.717) is 5.69 Å². The Morgan fingerprint density at radius 3 is 2.41 bits per heavy atom. The summed E-state index contributed by atoms with van der Waals surface area (Å²) in [6, 6.07) is 6.26. The van der Waals surface area contributed by atoms with Crippen LogP contribution < -0.4 is 0 Å². The van der Waals surface area contributed by atoms with Crippen molar-refractivity contribution >= 4 is 22.5 Å². The fourth-order valence-electron chi connectivity index (χ4n) is 2.35. The number of rotatable bonds is 5. The molecule has 0 aliphatic rings. The van der Waals surface area contributed by atoms with Crippen molar-refractivity contribution in [3.8, 4) is 11.6 Å². The van der Waals surface area contributed by atoms with Gasteiger partial charge in [-0.05, 0) is 37.6 Å². The van der Waals surface area contributed by atoms with Gasteiger partial charge in [0.05, 0.1) is 16.3 Å². The number of aromatic nitrogens is 2. The Kier molecular flexibility index (Phi) is 4.87. The Hall–Kier alpha value is -1.47. The van der Waals surface area contributed by atoms with Crippen LogP contribution in [0.1, 0.15) is 36.3 Å². The van der Waals surface area contributed by atoms with Crippen molar-refractivity contribution in [2.24, 2.45) is 0 Å². The van der Waals surface area contributed by atoms with Crippen molar-refractivity contribution < 1.29 is 13.5 Å². The van der Waals surface area contributed by atoms with Gasteiger partial charge in [0.1, 0.15) is 0 Å². The maximum atomic E-state index is 11.5. The molecule has 2 aromatic rings. The summed E-state index contributed by atoms with van der Waals surface area (Å²) in [4.78, 5) is 0.234. The SMILES string of the molecule is CCCC(S)c1c(C)nn(-c2ccc(S(C)(=O)=O)cc2)c1O. The predicted octanol–water partition coefficient (Wildman–Crippen LogP) is 3.06. The molecular formula is C15H20N2O3S2. The van der Waals surface area contributed by atoms with Gasteiger partial charge < -0.3 is 5.11 Å². The van der Waals surface area contributed by atoms with Gasteiger partial charge in [-0.2, -0.15) is 17.7 Å². The van der Waals surface area contributed by atoms with Crippen LogP contribution >= 0.6 is 12.6 Å². The molecule has 120 valence electrons. The van der Waals surface area contributed by atoms with E-state index in [-0.39, 0.29) is 16.0 Å². The van der Waals surface area contributed by atoms with E-state index in [0.717, 1.165) is 30.4 Å². The summed E-state index contributed by atoms with van der Waals surface area (Å²) >= 11 is 4.53. The van der Waals surface area contributed by atoms with Gasteiger partial charge in [0.15, 0.2) is 9.84 Å². The third kappa shape index (κ3) is 3.30. The highest BCUT2D eigenvalue weighted by Gasteiger charge is 2.21. The summed E-state index contributed by atoms with van der Waals surface area (Å²) in [6.07, 6.45) is 2.96. The highest BCUT2D eigenvalue weighted by atomic mass is 32.2. The Morgan fingerprint density at radius 1 is 1.32 bits per heavy atom. The maximum absolute atomic E-state index is 11.5. The van der Waals surface area contributed by atoms with Crippen molar-refractivity contribution in [2.45, 2.75) is 36.8 Å². The van der Waals surface area contributed by atoms with Crippen LogP contribution in [0.4, 0.5) is 0 Å². The Labute approximate surface area is 136 Å². The molecular weight excluding hydrogens is 320 g/mol. The molecule has 0 radical (unpaired) electrons. The summed E-state index contributed by atoms with van der Waals surface area (Å²) in [7, 11) is -3.24. The van der Waals surface area contributed by atoms with E-state index in [1.807, 2.05) is 6.92 Å². The number of hydrogen-bond donors (Lipinski definition) is 2. The lowest BCUT2D eigenvalue weighted by atomic mass is 10.1. The van der Waals surface area contributed by atoms with Gasteiger partial charge in [-0.25, -0.2) is 13.1 Å². The molecule has 1 heterocycles. The van der Waals surface area contributed by atoms with Gasteiger partial charge in [0, 0.05) is 17.1 Å². The molecule has 0 aliphatic heterocycles. The summed E-state index contributed by atoms with van der Waals surface area (Å²) in [5, 5.41) is 14.7. The normalized spacial score (nSPS) is 13.3. The topological polar surface area (TPSA) is 72.2 Å². The number of sulfone groups is 1. The van der Waals surface area contributed by atoms with E-state index in [1.165, 1.54) is 16.8 Å². The summed E-state index contributed by atoms with van der Waals surface area (Å²) in [5.41, 5.74) is 2.05. The monoisotopic (exact) mass is 340 g/mol. The highest BCUT2D eigenvalue weighted by molar-refractivity contribution is 7.90. The molecule has 0 saturated heterocycles. The van der Waals surface area contributed by atoms with E-state index in [4.69, 9.17) is 0 Å². The van der Waals surface area contributed by atoms with Gasteiger partial charge in [0.25, 0.3) is 0 Å². The van der Waals surface area contributed by atoms with Gasteiger partial charge >= 0.3 is 0 Å². The minimum atomic E-state index is -3.24. The van der Waals surface area contributed by atoms with Crippen LogP contribution in [0.25, 0.3) is 5.69 Å². The number of nitrogens with zero attached hydrogens (tertiary/aromatic N) is 2. The Balaban J connectivity index is 2.44. The van der Waals surface area contributed by atoms with Crippen molar-refractivity contribution in [3.05, 3.63) is 35.5 Å². The minimum Gasteiger partial charge on any atom is -0.493 e. The first-order valence-electron chi connectivity index (χ1n) is 7.02. The van der Waals surface area contributed by atoms with E-state index in [1.54, 1.807) is 12.1 Å². The lowest BCUT2D eigenvalue weighted by Crippen LogP contribution is -2.00. The zero-order chi connectivity index (χ0) is 16.5. The molecule has 1 aromatic heterocycles. The van der Waals surface area contributed by atoms with E-state index >= 15 is 0 Å². The molecule has 0 amide bonds. The van der Waals surface area contributed by atoms with Crippen LogP contribution in [-0.2, 0) is 9.84 Å². The van der Waals surface area contributed by atoms with Crippen LogP contribution in [0.3, 0.4) is 0 Å². The van der Waals surface area contributed by atoms with Crippen molar-refractivity contribution in [1.29, 1.82) is 0 Å². The van der Waals surface area contributed by atoms with Crippen LogP contribution in [0.5, 0.6) is 5.88 Å². The highest BCUT2D eigenvalue weighted by Crippen LogP contribution is 2.36. The van der Waals surface area contributed by atoms with Gasteiger partial charge in [-0.1, -0.05) is 13.3 Å². The molecule has 0 aliphatic carbocycles. The second-order valence-electron chi connectivity index (χ2n) is 5.31. The lowest BCUT2D eigenvalue weighted by molar-refractivity contribution is 0.427. The third-order valence-electron chi connectivity index (χ3n) is 3.49. The quantitative estimate of drug-likeness (QED) is 0.821. The van der Waals surface area contributed by atoms with E-state index in [2.05, 4.69) is 24.7 Å². The first kappa shape index (κ1) is 16.9. The van der Waals surface area contributed by atoms with Crippen molar-refractivity contribution in [2.75, 3.05) is 6.26 Å². The molecule has 1 atom stereocenters. The zero-order valence-corrected chi connectivity index (χ0v) is 14.5. The minimum absolute atomic E-state index is 0.0538. The molecule has 5 nitrogen and oxygen atoms in total. The molecule has 0 spiro atoms. The Morgan fingerprint density at radius 2 is 1.91 bits per heavy atom. The summed E-state index contributed by atoms with van der Waals surface area (Å²) in [5.74, 6) is 0.0538. The first-order valence-corrected chi connectivity index (χ1v) is 9.43. The lowest BCUT2D eigenvalue weighted by Gasteiger charge is -2.09. The molecule has 0 bridgehead atoms. The van der Waals surface area contributed by atoms with Gasteiger partial charge in [0.2, 0.25) is 5.88 Å². The molecule has 1 unspecified atom stereocenters. The van der Waals surface area contributed by atoms with Crippen molar-refractivity contribution in [3.63, 3.8) is 0 Å². The number of aryl methyl sites for hydroxylation is 1.